The van der Waals surface area contributed by atoms with E-state index >= 15 is 0 Å². The highest BCUT2D eigenvalue weighted by Gasteiger charge is 2.27. The number of fused-ring (bicyclic) bond motifs is 1. The highest BCUT2D eigenvalue weighted by atomic mass is 16.2. The van der Waals surface area contributed by atoms with Gasteiger partial charge < -0.3 is 10.2 Å². The summed E-state index contributed by atoms with van der Waals surface area (Å²) in [5.41, 5.74) is 2.09. The van der Waals surface area contributed by atoms with E-state index in [1.54, 1.807) is 11.1 Å². The number of nitrogens with zero attached hydrogens (tertiary/aromatic N) is 1. The fraction of sp³-hybridized carbons (Fsp3) is 0.375. The summed E-state index contributed by atoms with van der Waals surface area (Å²) >= 11 is 0. The molecule has 0 aromatic heterocycles. The maximum absolute atomic E-state index is 12.0. The summed E-state index contributed by atoms with van der Waals surface area (Å²) in [5, 5.41) is 2.87. The van der Waals surface area contributed by atoms with Crippen LogP contribution < -0.4 is 5.32 Å². The van der Waals surface area contributed by atoms with Crippen LogP contribution in [-0.2, 0) is 9.59 Å². The molecule has 1 aliphatic rings. The van der Waals surface area contributed by atoms with Crippen LogP contribution in [0.5, 0.6) is 0 Å². The van der Waals surface area contributed by atoms with Gasteiger partial charge in [0.25, 0.3) is 0 Å². The van der Waals surface area contributed by atoms with Gasteiger partial charge in [0.2, 0.25) is 11.8 Å². The average molecular weight is 272 g/mol. The summed E-state index contributed by atoms with van der Waals surface area (Å²) in [6.07, 6.45) is 4.88. The van der Waals surface area contributed by atoms with E-state index < -0.39 is 0 Å². The summed E-state index contributed by atoms with van der Waals surface area (Å²) in [6.45, 7) is 4.21. The Labute approximate surface area is 119 Å². The number of carbonyl (C=O) groups excluding carboxylic acids is 2. The zero-order valence-corrected chi connectivity index (χ0v) is 11.9. The molecule has 0 unspecified atom stereocenters. The van der Waals surface area contributed by atoms with Crippen molar-refractivity contribution in [3.05, 3.63) is 41.6 Å². The molecular formula is C16H20N2O2. The van der Waals surface area contributed by atoms with Crippen molar-refractivity contribution in [1.29, 1.82) is 0 Å². The molecule has 0 bridgehead atoms. The van der Waals surface area contributed by atoms with Gasteiger partial charge in [0.1, 0.15) is 0 Å². The van der Waals surface area contributed by atoms with Crippen LogP contribution in [0, 0.1) is 0 Å². The monoisotopic (exact) mass is 272 g/mol. The van der Waals surface area contributed by atoms with E-state index in [0.29, 0.717) is 13.0 Å². The standard InChI is InChI=1S/C16H20N2O2/c1-3-9-17-16(20)11-15-14-7-5-4-6-13(14)8-10-18(15)12(2)19/h4-8,10,15H,3,9,11H2,1-2H3,(H,17,20)/t15-/m0/s1. The van der Waals surface area contributed by atoms with Crippen molar-refractivity contribution in [2.24, 2.45) is 0 Å². The van der Waals surface area contributed by atoms with Crippen molar-refractivity contribution >= 4 is 17.9 Å². The Bertz CT molecular complexity index is 537. The molecular weight excluding hydrogens is 252 g/mol. The lowest BCUT2D eigenvalue weighted by Crippen LogP contribution is -2.35. The number of hydrogen-bond acceptors (Lipinski definition) is 2. The zero-order valence-electron chi connectivity index (χ0n) is 11.9. The van der Waals surface area contributed by atoms with E-state index in [1.165, 1.54) is 6.92 Å². The molecule has 0 fully saturated rings. The third kappa shape index (κ3) is 3.07. The van der Waals surface area contributed by atoms with Gasteiger partial charge in [-0.15, -0.1) is 0 Å². The van der Waals surface area contributed by atoms with E-state index in [0.717, 1.165) is 17.5 Å². The van der Waals surface area contributed by atoms with Crippen LogP contribution >= 0.6 is 0 Å². The Morgan fingerprint density at radius 3 is 2.75 bits per heavy atom. The Morgan fingerprint density at radius 2 is 2.05 bits per heavy atom. The van der Waals surface area contributed by atoms with Crippen molar-refractivity contribution in [1.82, 2.24) is 10.2 Å². The fourth-order valence-electron chi connectivity index (χ4n) is 2.43. The Balaban J connectivity index is 2.23. The lowest BCUT2D eigenvalue weighted by atomic mass is 9.93. The molecule has 1 N–H and O–H groups in total. The van der Waals surface area contributed by atoms with Crippen LogP contribution in [0.2, 0.25) is 0 Å². The molecule has 1 aliphatic heterocycles. The quantitative estimate of drug-likeness (QED) is 0.915. The van der Waals surface area contributed by atoms with E-state index in [1.807, 2.05) is 37.3 Å². The normalized spacial score (nSPS) is 16.7. The molecule has 1 aromatic carbocycles. The summed E-state index contributed by atoms with van der Waals surface area (Å²) in [5.74, 6) is -0.0720. The number of rotatable bonds is 4. The first-order chi connectivity index (χ1) is 9.63. The van der Waals surface area contributed by atoms with Crippen LogP contribution in [0.25, 0.3) is 6.08 Å². The van der Waals surface area contributed by atoms with E-state index in [-0.39, 0.29) is 17.9 Å². The van der Waals surface area contributed by atoms with Gasteiger partial charge in [0.05, 0.1) is 12.5 Å². The second-order valence-electron chi connectivity index (χ2n) is 4.94. The number of carbonyl (C=O) groups is 2. The van der Waals surface area contributed by atoms with E-state index in [4.69, 9.17) is 0 Å². The predicted molar refractivity (Wildman–Crippen MR) is 78.7 cm³/mol. The van der Waals surface area contributed by atoms with E-state index in [2.05, 4.69) is 5.32 Å². The molecule has 4 heteroatoms. The SMILES string of the molecule is CCCNC(=O)C[C@H]1c2ccccc2C=CN1C(C)=O. The summed E-state index contributed by atoms with van der Waals surface area (Å²) in [6, 6.07) is 7.66. The van der Waals surface area contributed by atoms with Crippen LogP contribution in [0.15, 0.2) is 30.5 Å². The highest BCUT2D eigenvalue weighted by Crippen LogP contribution is 2.32. The number of nitrogens with one attached hydrogen (secondary N) is 1. The first-order valence-electron chi connectivity index (χ1n) is 6.96. The van der Waals surface area contributed by atoms with Crippen LogP contribution in [0.4, 0.5) is 0 Å². The molecule has 1 heterocycles. The second-order valence-corrected chi connectivity index (χ2v) is 4.94. The van der Waals surface area contributed by atoms with Crippen molar-refractivity contribution in [3.63, 3.8) is 0 Å². The van der Waals surface area contributed by atoms with Crippen molar-refractivity contribution in [2.45, 2.75) is 32.7 Å². The van der Waals surface area contributed by atoms with Gasteiger partial charge in [0.15, 0.2) is 0 Å². The summed E-state index contributed by atoms with van der Waals surface area (Å²) < 4.78 is 0. The minimum Gasteiger partial charge on any atom is -0.356 e. The molecule has 0 saturated heterocycles. The van der Waals surface area contributed by atoms with Gasteiger partial charge >= 0.3 is 0 Å². The first-order valence-corrected chi connectivity index (χ1v) is 6.96. The fourth-order valence-corrected chi connectivity index (χ4v) is 2.43. The first kappa shape index (κ1) is 14.3. The maximum atomic E-state index is 12.0. The lowest BCUT2D eigenvalue weighted by molar-refractivity contribution is -0.129. The summed E-state index contributed by atoms with van der Waals surface area (Å²) in [4.78, 5) is 25.4. The number of hydrogen-bond donors (Lipinski definition) is 1. The molecule has 20 heavy (non-hydrogen) atoms. The van der Waals surface area contributed by atoms with Crippen molar-refractivity contribution < 1.29 is 9.59 Å². The molecule has 1 atom stereocenters. The third-order valence-corrected chi connectivity index (χ3v) is 3.42. The number of benzene rings is 1. The van der Waals surface area contributed by atoms with Gasteiger partial charge in [-0.3, -0.25) is 9.59 Å². The van der Waals surface area contributed by atoms with Crippen LogP contribution in [0.3, 0.4) is 0 Å². The average Bonchev–Trinajstić information content (AvgIpc) is 2.45. The van der Waals surface area contributed by atoms with Crippen LogP contribution in [-0.4, -0.2) is 23.3 Å². The molecule has 2 amide bonds. The Hall–Kier alpha value is -2.10. The molecule has 1 aromatic rings. The molecule has 4 nitrogen and oxygen atoms in total. The minimum absolute atomic E-state index is 0.0202. The molecule has 0 radical (unpaired) electrons. The topological polar surface area (TPSA) is 49.4 Å². The molecule has 106 valence electrons. The van der Waals surface area contributed by atoms with Gasteiger partial charge in [-0.1, -0.05) is 31.2 Å². The zero-order chi connectivity index (χ0) is 14.5. The maximum Gasteiger partial charge on any atom is 0.223 e. The largest absolute Gasteiger partial charge is 0.356 e. The van der Waals surface area contributed by atoms with Gasteiger partial charge in [-0.05, 0) is 23.6 Å². The van der Waals surface area contributed by atoms with Gasteiger partial charge in [-0.2, -0.15) is 0 Å². The molecule has 0 saturated carbocycles. The highest BCUT2D eigenvalue weighted by molar-refractivity contribution is 5.81. The minimum atomic E-state index is -0.217. The lowest BCUT2D eigenvalue weighted by Gasteiger charge is -2.32. The molecule has 0 spiro atoms. The number of amides is 2. The third-order valence-electron chi connectivity index (χ3n) is 3.42. The van der Waals surface area contributed by atoms with E-state index in [9.17, 15) is 9.59 Å². The second kappa shape index (κ2) is 6.37. The van der Waals surface area contributed by atoms with Crippen molar-refractivity contribution in [2.75, 3.05) is 6.54 Å². The van der Waals surface area contributed by atoms with Crippen LogP contribution in [0.1, 0.15) is 43.9 Å². The van der Waals surface area contributed by atoms with Crippen molar-refractivity contribution in [3.8, 4) is 0 Å². The summed E-state index contributed by atoms with van der Waals surface area (Å²) in [7, 11) is 0. The predicted octanol–water partition coefficient (Wildman–Crippen LogP) is 2.48. The Morgan fingerprint density at radius 1 is 1.30 bits per heavy atom. The van der Waals surface area contributed by atoms with Gasteiger partial charge in [0, 0.05) is 19.7 Å². The van der Waals surface area contributed by atoms with Gasteiger partial charge in [-0.25, -0.2) is 0 Å². The Kier molecular flexibility index (Phi) is 4.56. The smallest absolute Gasteiger partial charge is 0.223 e. The molecule has 0 aliphatic carbocycles. The molecule has 2 rings (SSSR count).